The molecule has 0 saturated carbocycles. The summed E-state index contributed by atoms with van der Waals surface area (Å²) in [6.45, 7) is 10.6. The van der Waals surface area contributed by atoms with Crippen LogP contribution in [-0.4, -0.2) is 4.98 Å². The number of fused-ring (bicyclic) bond motifs is 2. The highest BCUT2D eigenvalue weighted by Crippen LogP contribution is 2.43. The predicted octanol–water partition coefficient (Wildman–Crippen LogP) is 6.87. The van der Waals surface area contributed by atoms with Gasteiger partial charge in [0, 0.05) is 10.9 Å². The smallest absolute Gasteiger partial charge is 0.231 e. The van der Waals surface area contributed by atoms with Crippen molar-refractivity contribution in [2.24, 2.45) is 7.05 Å². The van der Waals surface area contributed by atoms with Crippen molar-refractivity contribution < 1.29 is 17.7 Å². The summed E-state index contributed by atoms with van der Waals surface area (Å²) in [7, 11) is 1.84. The molecule has 156 valence electrons. The van der Waals surface area contributed by atoms with Crippen molar-refractivity contribution in [3.05, 3.63) is 58.2 Å². The van der Waals surface area contributed by atoms with E-state index in [2.05, 4.69) is 56.9 Å². The Morgan fingerprint density at radius 1 is 0.967 bits per heavy atom. The SMILES string of the molecule is Cc1ccc2c(C(C)(C)C)cc(-c3c4scc(C(F)(F)F)c4nc[n+]3C)c(C)c2c1. The van der Waals surface area contributed by atoms with Crippen LogP contribution in [0.3, 0.4) is 0 Å². The zero-order valence-corrected chi connectivity index (χ0v) is 18.7. The number of nitrogens with zero attached hydrogens (tertiary/aromatic N) is 2. The number of halogens is 3. The number of aryl methyl sites for hydroxylation is 3. The predicted molar refractivity (Wildman–Crippen MR) is 117 cm³/mol. The second-order valence-electron chi connectivity index (χ2n) is 8.92. The molecular formula is C24H24F3N2S+. The molecule has 0 amide bonds. The molecular weight excluding hydrogens is 405 g/mol. The highest BCUT2D eigenvalue weighted by molar-refractivity contribution is 7.17. The molecule has 0 unspecified atom stereocenters. The van der Waals surface area contributed by atoms with Crippen LogP contribution < -0.4 is 4.57 Å². The lowest BCUT2D eigenvalue weighted by Crippen LogP contribution is -2.32. The van der Waals surface area contributed by atoms with Gasteiger partial charge in [-0.05, 0) is 52.2 Å². The first-order valence-electron chi connectivity index (χ1n) is 9.77. The first-order chi connectivity index (χ1) is 13.9. The number of aromatic nitrogens is 2. The molecule has 0 aliphatic rings. The lowest BCUT2D eigenvalue weighted by Gasteiger charge is -2.24. The second kappa shape index (κ2) is 6.77. The summed E-state index contributed by atoms with van der Waals surface area (Å²) in [5.74, 6) is 0. The Hall–Kier alpha value is -2.47. The Labute approximate surface area is 178 Å². The van der Waals surface area contributed by atoms with Gasteiger partial charge in [0.05, 0.1) is 7.05 Å². The molecule has 2 aromatic carbocycles. The molecule has 2 nitrogen and oxygen atoms in total. The van der Waals surface area contributed by atoms with Crippen LogP contribution in [0.4, 0.5) is 13.2 Å². The molecule has 0 bridgehead atoms. The van der Waals surface area contributed by atoms with E-state index in [0.29, 0.717) is 4.70 Å². The van der Waals surface area contributed by atoms with E-state index >= 15 is 0 Å². The molecule has 4 rings (SSSR count). The van der Waals surface area contributed by atoms with E-state index in [9.17, 15) is 13.2 Å². The molecule has 2 aromatic heterocycles. The van der Waals surface area contributed by atoms with Crippen molar-refractivity contribution in [1.82, 2.24) is 4.98 Å². The van der Waals surface area contributed by atoms with Gasteiger partial charge in [-0.2, -0.15) is 13.2 Å². The Kier molecular flexibility index (Phi) is 4.69. The van der Waals surface area contributed by atoms with Crippen molar-refractivity contribution in [3.8, 4) is 11.3 Å². The van der Waals surface area contributed by atoms with Crippen LogP contribution in [0, 0.1) is 13.8 Å². The van der Waals surface area contributed by atoms with Crippen molar-refractivity contribution >= 4 is 32.3 Å². The fourth-order valence-corrected chi connectivity index (χ4v) is 5.19. The highest BCUT2D eigenvalue weighted by Gasteiger charge is 2.38. The maximum absolute atomic E-state index is 13.5. The van der Waals surface area contributed by atoms with Gasteiger partial charge in [-0.15, -0.1) is 11.3 Å². The van der Waals surface area contributed by atoms with Crippen molar-refractivity contribution in [2.45, 2.75) is 46.2 Å². The number of hydrogen-bond acceptors (Lipinski definition) is 2. The minimum absolute atomic E-state index is 0.0154. The third-order valence-electron chi connectivity index (χ3n) is 5.62. The second-order valence-corrected chi connectivity index (χ2v) is 9.80. The van der Waals surface area contributed by atoms with E-state index in [-0.39, 0.29) is 10.9 Å². The van der Waals surface area contributed by atoms with E-state index in [1.54, 1.807) is 0 Å². The van der Waals surface area contributed by atoms with Crippen LogP contribution in [0.1, 0.15) is 43.0 Å². The van der Waals surface area contributed by atoms with Crippen LogP contribution in [0.2, 0.25) is 0 Å². The molecule has 2 heterocycles. The summed E-state index contributed by atoms with van der Waals surface area (Å²) in [6.07, 6.45) is -2.94. The number of thiophene rings is 1. The Morgan fingerprint density at radius 2 is 1.67 bits per heavy atom. The normalized spacial score (nSPS) is 12.8. The van der Waals surface area contributed by atoms with Gasteiger partial charge in [0.1, 0.15) is 10.3 Å². The van der Waals surface area contributed by atoms with Gasteiger partial charge < -0.3 is 0 Å². The van der Waals surface area contributed by atoms with Crippen molar-refractivity contribution in [1.29, 1.82) is 0 Å². The molecule has 0 radical (unpaired) electrons. The largest absolute Gasteiger partial charge is 0.421 e. The summed E-state index contributed by atoms with van der Waals surface area (Å²) < 4.78 is 42.9. The summed E-state index contributed by atoms with van der Waals surface area (Å²) >= 11 is 1.10. The molecule has 0 fully saturated rings. The third-order valence-corrected chi connectivity index (χ3v) is 6.60. The molecule has 30 heavy (non-hydrogen) atoms. The van der Waals surface area contributed by atoms with Gasteiger partial charge in [0.2, 0.25) is 5.52 Å². The van der Waals surface area contributed by atoms with Gasteiger partial charge >= 0.3 is 6.18 Å². The van der Waals surface area contributed by atoms with E-state index in [1.165, 1.54) is 22.7 Å². The topological polar surface area (TPSA) is 16.8 Å². The first kappa shape index (κ1) is 20.8. The van der Waals surface area contributed by atoms with Gasteiger partial charge in [0.15, 0.2) is 5.69 Å². The van der Waals surface area contributed by atoms with Crippen molar-refractivity contribution in [3.63, 3.8) is 0 Å². The fraction of sp³-hybridized carbons (Fsp3) is 0.333. The van der Waals surface area contributed by atoms with Gasteiger partial charge in [-0.1, -0.05) is 44.5 Å². The zero-order chi connectivity index (χ0) is 22.0. The lowest BCUT2D eigenvalue weighted by atomic mass is 9.80. The number of alkyl halides is 3. The van der Waals surface area contributed by atoms with E-state index in [0.717, 1.165) is 39.1 Å². The van der Waals surface area contributed by atoms with Crippen LogP contribution in [-0.2, 0) is 18.6 Å². The van der Waals surface area contributed by atoms with E-state index < -0.39 is 11.7 Å². The maximum atomic E-state index is 13.5. The highest BCUT2D eigenvalue weighted by atomic mass is 32.1. The standard InChI is InChI=1S/C24H24F3N2S/c1-13-7-8-15-16(9-13)14(2)17(10-18(15)23(3,4)5)21-22-20(28-12-29(21)6)19(11-30-22)24(25,26)27/h7-12H,1-6H3/q+1. The molecule has 0 atom stereocenters. The number of benzene rings is 2. The van der Waals surface area contributed by atoms with Crippen LogP contribution in [0.25, 0.3) is 32.2 Å². The van der Waals surface area contributed by atoms with Gasteiger partial charge in [-0.3, -0.25) is 0 Å². The lowest BCUT2D eigenvalue weighted by molar-refractivity contribution is -0.662. The first-order valence-corrected chi connectivity index (χ1v) is 10.7. The Bertz CT molecular complexity index is 1290. The molecule has 0 saturated heterocycles. The van der Waals surface area contributed by atoms with Crippen LogP contribution in [0.15, 0.2) is 36.0 Å². The molecule has 0 aliphatic carbocycles. The third kappa shape index (κ3) is 3.27. The maximum Gasteiger partial charge on any atom is 0.421 e. The zero-order valence-electron chi connectivity index (χ0n) is 17.9. The van der Waals surface area contributed by atoms with Gasteiger partial charge in [-0.25, -0.2) is 4.57 Å². The van der Waals surface area contributed by atoms with Crippen LogP contribution >= 0.6 is 11.3 Å². The molecule has 0 spiro atoms. The fourth-order valence-electron chi connectivity index (χ4n) is 4.07. The average Bonchev–Trinajstić information content (AvgIpc) is 3.06. The van der Waals surface area contributed by atoms with Gasteiger partial charge in [0.25, 0.3) is 6.33 Å². The number of hydrogen-bond donors (Lipinski definition) is 0. The molecule has 6 heteroatoms. The summed E-state index contributed by atoms with van der Waals surface area (Å²) in [6, 6.07) is 8.57. The Balaban J connectivity index is 2.15. The summed E-state index contributed by atoms with van der Waals surface area (Å²) in [5.41, 5.74) is 4.34. The number of rotatable bonds is 1. The van der Waals surface area contributed by atoms with Crippen LogP contribution in [0.5, 0.6) is 0 Å². The molecule has 0 N–H and O–H groups in total. The quantitative estimate of drug-likeness (QED) is 0.302. The Morgan fingerprint density at radius 3 is 2.30 bits per heavy atom. The minimum atomic E-state index is -4.42. The van der Waals surface area contributed by atoms with Crippen molar-refractivity contribution in [2.75, 3.05) is 0 Å². The summed E-state index contributed by atoms with van der Waals surface area (Å²) in [4.78, 5) is 4.12. The summed E-state index contributed by atoms with van der Waals surface area (Å²) in [5, 5.41) is 3.49. The van der Waals surface area contributed by atoms with E-state index in [1.807, 2.05) is 18.5 Å². The average molecular weight is 430 g/mol. The molecule has 0 aliphatic heterocycles. The monoisotopic (exact) mass is 429 g/mol. The molecule has 4 aromatic rings. The minimum Gasteiger partial charge on any atom is -0.231 e. The van der Waals surface area contributed by atoms with E-state index in [4.69, 9.17) is 0 Å².